The Morgan fingerprint density at radius 1 is 1.39 bits per heavy atom. The summed E-state index contributed by atoms with van der Waals surface area (Å²) >= 11 is 0. The minimum atomic E-state index is -0.0346. The summed E-state index contributed by atoms with van der Waals surface area (Å²) in [6.45, 7) is 10.6. The maximum absolute atomic E-state index is 12.1. The number of carbonyl (C=O) groups excluding carboxylic acids is 1. The van der Waals surface area contributed by atoms with Crippen molar-refractivity contribution in [3.8, 4) is 0 Å². The Labute approximate surface area is 109 Å². The number of nitrogens with zero attached hydrogens (tertiary/aromatic N) is 2. The molecule has 2 N–H and O–H groups in total. The zero-order chi connectivity index (χ0) is 13.7. The van der Waals surface area contributed by atoms with Gasteiger partial charge >= 0.3 is 6.03 Å². The molecule has 1 heterocycles. The van der Waals surface area contributed by atoms with Gasteiger partial charge in [-0.2, -0.15) is 0 Å². The van der Waals surface area contributed by atoms with Crippen LogP contribution in [-0.2, 0) is 13.0 Å². The van der Waals surface area contributed by atoms with Gasteiger partial charge in [0.2, 0.25) is 0 Å². The van der Waals surface area contributed by atoms with Crippen molar-refractivity contribution in [3.05, 3.63) is 17.7 Å². The molecule has 1 aromatic heterocycles. The van der Waals surface area contributed by atoms with Gasteiger partial charge in [-0.05, 0) is 27.7 Å². The number of hydrogen-bond donors (Lipinski definition) is 2. The predicted molar refractivity (Wildman–Crippen MR) is 72.3 cm³/mol. The lowest BCUT2D eigenvalue weighted by Gasteiger charge is -2.30. The average molecular weight is 252 g/mol. The lowest BCUT2D eigenvalue weighted by atomic mass is 10.2. The molecule has 0 fully saturated rings. The molecule has 0 aliphatic heterocycles. The minimum Gasteiger partial charge on any atom is -0.344 e. The first-order valence-electron chi connectivity index (χ1n) is 6.54. The van der Waals surface area contributed by atoms with Crippen molar-refractivity contribution in [2.75, 3.05) is 0 Å². The molecular weight excluding hydrogens is 228 g/mol. The van der Waals surface area contributed by atoms with Gasteiger partial charge in [0.1, 0.15) is 5.82 Å². The quantitative estimate of drug-likeness (QED) is 0.844. The van der Waals surface area contributed by atoms with Gasteiger partial charge < -0.3 is 15.2 Å². The SMILES string of the molecule is CCc1ncc(CNC(=O)N(C(C)C)C(C)C)[nH]1. The summed E-state index contributed by atoms with van der Waals surface area (Å²) in [6.07, 6.45) is 2.65. The van der Waals surface area contributed by atoms with Gasteiger partial charge in [-0.25, -0.2) is 9.78 Å². The molecule has 0 aromatic carbocycles. The number of nitrogens with one attached hydrogen (secondary N) is 2. The van der Waals surface area contributed by atoms with Crippen LogP contribution < -0.4 is 5.32 Å². The first-order chi connectivity index (χ1) is 8.45. The van der Waals surface area contributed by atoms with Crippen molar-refractivity contribution in [1.29, 1.82) is 0 Å². The van der Waals surface area contributed by atoms with E-state index in [2.05, 4.69) is 15.3 Å². The molecule has 1 rings (SSSR count). The van der Waals surface area contributed by atoms with Crippen LogP contribution in [0.2, 0.25) is 0 Å². The van der Waals surface area contributed by atoms with Crippen LogP contribution in [0.4, 0.5) is 4.79 Å². The summed E-state index contributed by atoms with van der Waals surface area (Å²) in [6, 6.07) is 0.351. The third-order valence-corrected chi connectivity index (χ3v) is 2.79. The van der Waals surface area contributed by atoms with Gasteiger partial charge in [0.05, 0.1) is 18.4 Å². The minimum absolute atomic E-state index is 0.0346. The molecule has 0 unspecified atom stereocenters. The number of H-pyrrole nitrogens is 1. The zero-order valence-electron chi connectivity index (χ0n) is 11.9. The molecule has 0 radical (unpaired) electrons. The Hall–Kier alpha value is -1.52. The lowest BCUT2D eigenvalue weighted by molar-refractivity contribution is 0.164. The van der Waals surface area contributed by atoms with E-state index in [0.717, 1.165) is 17.9 Å². The van der Waals surface area contributed by atoms with Crippen molar-refractivity contribution < 1.29 is 4.79 Å². The Kier molecular flexibility index (Phi) is 5.19. The van der Waals surface area contributed by atoms with Crippen molar-refractivity contribution in [2.45, 2.75) is 59.7 Å². The van der Waals surface area contributed by atoms with Gasteiger partial charge in [-0.1, -0.05) is 6.92 Å². The fourth-order valence-corrected chi connectivity index (χ4v) is 2.00. The van der Waals surface area contributed by atoms with Gasteiger partial charge in [-0.3, -0.25) is 0 Å². The highest BCUT2D eigenvalue weighted by molar-refractivity contribution is 5.74. The topological polar surface area (TPSA) is 61.0 Å². The number of amides is 2. The molecule has 2 amide bonds. The summed E-state index contributed by atoms with van der Waals surface area (Å²) in [7, 11) is 0. The zero-order valence-corrected chi connectivity index (χ0v) is 11.9. The molecule has 0 spiro atoms. The van der Waals surface area contributed by atoms with E-state index in [1.807, 2.05) is 39.5 Å². The Balaban J connectivity index is 2.54. The van der Waals surface area contributed by atoms with E-state index in [0.29, 0.717) is 6.54 Å². The molecule has 1 aromatic rings. The van der Waals surface area contributed by atoms with E-state index in [9.17, 15) is 4.79 Å². The predicted octanol–water partition coefficient (Wildman–Crippen LogP) is 2.30. The molecule has 0 atom stereocenters. The number of imidazole rings is 1. The molecule has 0 bridgehead atoms. The molecule has 5 nitrogen and oxygen atoms in total. The maximum Gasteiger partial charge on any atom is 0.318 e. The van der Waals surface area contributed by atoms with Crippen LogP contribution in [-0.4, -0.2) is 33.0 Å². The third kappa shape index (κ3) is 3.75. The van der Waals surface area contributed by atoms with Crippen molar-refractivity contribution in [3.63, 3.8) is 0 Å². The summed E-state index contributed by atoms with van der Waals surface area (Å²) < 4.78 is 0. The normalized spacial score (nSPS) is 11.1. The number of aromatic nitrogens is 2. The summed E-state index contributed by atoms with van der Waals surface area (Å²) in [5.41, 5.74) is 0.938. The van der Waals surface area contributed by atoms with E-state index in [1.165, 1.54) is 0 Å². The lowest BCUT2D eigenvalue weighted by Crippen LogP contribution is -2.47. The van der Waals surface area contributed by atoms with Crippen molar-refractivity contribution in [2.24, 2.45) is 0 Å². The Morgan fingerprint density at radius 3 is 2.44 bits per heavy atom. The van der Waals surface area contributed by atoms with Crippen molar-refractivity contribution in [1.82, 2.24) is 20.2 Å². The molecule has 102 valence electrons. The van der Waals surface area contributed by atoms with Crippen molar-refractivity contribution >= 4 is 6.03 Å². The van der Waals surface area contributed by atoms with Gasteiger partial charge in [-0.15, -0.1) is 0 Å². The second-order valence-corrected chi connectivity index (χ2v) is 4.96. The Bertz CT molecular complexity index is 376. The van der Waals surface area contributed by atoms with Crippen LogP contribution in [0, 0.1) is 0 Å². The third-order valence-electron chi connectivity index (χ3n) is 2.79. The monoisotopic (exact) mass is 252 g/mol. The van der Waals surface area contributed by atoms with Crippen LogP contribution in [0.25, 0.3) is 0 Å². The number of aryl methyl sites for hydroxylation is 1. The highest BCUT2D eigenvalue weighted by Crippen LogP contribution is 2.06. The van der Waals surface area contributed by atoms with Gasteiger partial charge in [0, 0.05) is 18.5 Å². The second kappa shape index (κ2) is 6.42. The summed E-state index contributed by atoms with van der Waals surface area (Å²) in [5, 5.41) is 2.91. The van der Waals surface area contributed by atoms with E-state index in [1.54, 1.807) is 6.20 Å². The van der Waals surface area contributed by atoms with E-state index < -0.39 is 0 Å². The molecule has 0 saturated heterocycles. The van der Waals surface area contributed by atoms with Crippen LogP contribution in [0.5, 0.6) is 0 Å². The van der Waals surface area contributed by atoms with Gasteiger partial charge in [0.25, 0.3) is 0 Å². The van der Waals surface area contributed by atoms with E-state index >= 15 is 0 Å². The smallest absolute Gasteiger partial charge is 0.318 e. The molecule has 0 aliphatic carbocycles. The number of urea groups is 1. The number of rotatable bonds is 5. The maximum atomic E-state index is 12.1. The molecule has 5 heteroatoms. The number of hydrogen-bond acceptors (Lipinski definition) is 2. The highest BCUT2D eigenvalue weighted by atomic mass is 16.2. The Morgan fingerprint density at radius 2 is 2.00 bits per heavy atom. The molecule has 18 heavy (non-hydrogen) atoms. The first kappa shape index (κ1) is 14.5. The highest BCUT2D eigenvalue weighted by Gasteiger charge is 2.19. The molecule has 0 saturated carbocycles. The van der Waals surface area contributed by atoms with E-state index in [4.69, 9.17) is 0 Å². The van der Waals surface area contributed by atoms with Crippen LogP contribution in [0.15, 0.2) is 6.20 Å². The molecular formula is C13H24N4O. The molecule has 0 aliphatic rings. The fraction of sp³-hybridized carbons (Fsp3) is 0.692. The summed E-state index contributed by atoms with van der Waals surface area (Å²) in [4.78, 5) is 21.3. The number of carbonyl (C=O) groups is 1. The van der Waals surface area contributed by atoms with Gasteiger partial charge in [0.15, 0.2) is 0 Å². The van der Waals surface area contributed by atoms with Crippen LogP contribution in [0.3, 0.4) is 0 Å². The average Bonchev–Trinajstić information content (AvgIpc) is 2.73. The van der Waals surface area contributed by atoms with Crippen LogP contribution >= 0.6 is 0 Å². The van der Waals surface area contributed by atoms with E-state index in [-0.39, 0.29) is 18.1 Å². The largest absolute Gasteiger partial charge is 0.344 e. The van der Waals surface area contributed by atoms with Crippen LogP contribution in [0.1, 0.15) is 46.1 Å². The summed E-state index contributed by atoms with van der Waals surface area (Å²) in [5.74, 6) is 0.948. The number of aromatic amines is 1. The first-order valence-corrected chi connectivity index (χ1v) is 6.54. The standard InChI is InChI=1S/C13H24N4O/c1-6-12-14-7-11(16-12)8-15-13(18)17(9(2)3)10(4)5/h7,9-10H,6,8H2,1-5H3,(H,14,16)(H,15,18). The fourth-order valence-electron chi connectivity index (χ4n) is 2.00. The second-order valence-electron chi connectivity index (χ2n) is 4.96.